The Balaban J connectivity index is 1.29. The number of nitrogens with one attached hydrogen (secondary N) is 1. The number of nitrogens with zero attached hydrogens (tertiary/aromatic N) is 3. The van der Waals surface area contributed by atoms with Crippen molar-refractivity contribution in [1.29, 1.82) is 0 Å². The lowest BCUT2D eigenvalue weighted by Gasteiger charge is -2.40. The lowest BCUT2D eigenvalue weighted by atomic mass is 9.86. The molecular formula is C29H46N4O3. The molecule has 0 bridgehead atoms. The molecule has 0 unspecified atom stereocenters. The Kier molecular flexibility index (Phi) is 9.42. The Morgan fingerprint density at radius 1 is 0.972 bits per heavy atom. The largest absolute Gasteiger partial charge is 0.379 e. The summed E-state index contributed by atoms with van der Waals surface area (Å²) in [6.07, 6.45) is 5.67. The van der Waals surface area contributed by atoms with Crippen LogP contribution in [0.5, 0.6) is 0 Å². The molecule has 200 valence electrons. The van der Waals surface area contributed by atoms with E-state index in [1.807, 2.05) is 17.0 Å². The summed E-state index contributed by atoms with van der Waals surface area (Å²) in [6, 6.07) is 7.99. The number of morpholine rings is 1. The minimum Gasteiger partial charge on any atom is -0.379 e. The lowest BCUT2D eigenvalue weighted by Crippen LogP contribution is -2.58. The number of carbonyl (C=O) groups is 2. The second kappa shape index (κ2) is 12.5. The molecule has 0 aromatic heterocycles. The summed E-state index contributed by atoms with van der Waals surface area (Å²) in [5.41, 5.74) is 2.06. The Hall–Kier alpha value is -1.96. The summed E-state index contributed by atoms with van der Waals surface area (Å²) in [4.78, 5) is 33.2. The minimum absolute atomic E-state index is 0.0702. The van der Waals surface area contributed by atoms with Crippen LogP contribution in [0, 0.1) is 5.92 Å². The predicted octanol–water partition coefficient (Wildman–Crippen LogP) is 3.14. The van der Waals surface area contributed by atoms with Gasteiger partial charge in [0.05, 0.1) is 19.3 Å². The molecule has 0 spiro atoms. The number of piperazine rings is 1. The topological polar surface area (TPSA) is 65.1 Å². The zero-order valence-corrected chi connectivity index (χ0v) is 22.6. The molecule has 3 aliphatic rings. The highest BCUT2D eigenvalue weighted by Gasteiger charge is 2.37. The number of benzene rings is 1. The van der Waals surface area contributed by atoms with Crippen molar-refractivity contribution >= 4 is 11.8 Å². The van der Waals surface area contributed by atoms with Crippen LogP contribution in [-0.2, 0) is 14.9 Å². The Morgan fingerprint density at radius 3 is 2.22 bits per heavy atom. The van der Waals surface area contributed by atoms with Gasteiger partial charge in [0.2, 0.25) is 5.91 Å². The van der Waals surface area contributed by atoms with Crippen molar-refractivity contribution < 1.29 is 14.3 Å². The number of amides is 2. The van der Waals surface area contributed by atoms with E-state index in [1.54, 1.807) is 0 Å². The van der Waals surface area contributed by atoms with Gasteiger partial charge in [0.1, 0.15) is 0 Å². The third-order valence-electron chi connectivity index (χ3n) is 8.16. The summed E-state index contributed by atoms with van der Waals surface area (Å²) in [5, 5.41) is 3.25. The van der Waals surface area contributed by atoms with Crippen LogP contribution in [0.1, 0.15) is 68.8 Å². The quantitative estimate of drug-likeness (QED) is 0.558. The van der Waals surface area contributed by atoms with E-state index in [-0.39, 0.29) is 23.3 Å². The van der Waals surface area contributed by atoms with Crippen LogP contribution in [0.3, 0.4) is 0 Å². The van der Waals surface area contributed by atoms with Crippen LogP contribution in [0.25, 0.3) is 0 Å². The van der Waals surface area contributed by atoms with E-state index in [0.29, 0.717) is 19.0 Å². The molecule has 0 radical (unpaired) electrons. The molecule has 2 aliphatic heterocycles. The number of rotatable bonds is 8. The van der Waals surface area contributed by atoms with Gasteiger partial charge in [-0.05, 0) is 54.8 Å². The highest BCUT2D eigenvalue weighted by atomic mass is 16.5. The minimum atomic E-state index is -0.0702. The number of hydrogen-bond acceptors (Lipinski definition) is 5. The van der Waals surface area contributed by atoms with Gasteiger partial charge in [-0.25, -0.2) is 0 Å². The normalized spacial score (nSPS) is 21.5. The lowest BCUT2D eigenvalue weighted by molar-refractivity contribution is -0.129. The third-order valence-corrected chi connectivity index (χ3v) is 8.16. The van der Waals surface area contributed by atoms with Crippen LogP contribution >= 0.6 is 0 Å². The van der Waals surface area contributed by atoms with Crippen LogP contribution in [-0.4, -0.2) is 98.1 Å². The van der Waals surface area contributed by atoms with Crippen LogP contribution in [0.4, 0.5) is 0 Å². The van der Waals surface area contributed by atoms with Gasteiger partial charge in [-0.2, -0.15) is 0 Å². The molecule has 1 aromatic carbocycles. The molecule has 2 amide bonds. The second-order valence-corrected chi connectivity index (χ2v) is 11.7. The molecule has 1 saturated carbocycles. The van der Waals surface area contributed by atoms with Crippen molar-refractivity contribution in [2.45, 2.75) is 64.3 Å². The van der Waals surface area contributed by atoms with Crippen molar-refractivity contribution in [3.8, 4) is 0 Å². The molecule has 2 saturated heterocycles. The third kappa shape index (κ3) is 7.08. The van der Waals surface area contributed by atoms with Crippen LogP contribution < -0.4 is 5.32 Å². The molecule has 1 atom stereocenters. The predicted molar refractivity (Wildman–Crippen MR) is 143 cm³/mol. The number of hydrogen-bond donors (Lipinski definition) is 1. The number of carbonyl (C=O) groups excluding carboxylic acids is 2. The molecule has 1 aromatic rings. The van der Waals surface area contributed by atoms with E-state index in [1.165, 1.54) is 18.4 Å². The monoisotopic (exact) mass is 498 g/mol. The van der Waals surface area contributed by atoms with Crippen LogP contribution in [0.15, 0.2) is 24.3 Å². The summed E-state index contributed by atoms with van der Waals surface area (Å²) in [7, 11) is 0. The Morgan fingerprint density at radius 2 is 1.61 bits per heavy atom. The molecule has 2 heterocycles. The molecule has 7 nitrogen and oxygen atoms in total. The first-order valence-corrected chi connectivity index (χ1v) is 14.0. The average molecular weight is 499 g/mol. The maximum atomic E-state index is 13.4. The van der Waals surface area contributed by atoms with Gasteiger partial charge in [-0.15, -0.1) is 0 Å². The highest BCUT2D eigenvalue weighted by Crippen LogP contribution is 2.31. The molecular weight excluding hydrogens is 452 g/mol. The fourth-order valence-electron chi connectivity index (χ4n) is 5.89. The Labute approximate surface area is 217 Å². The van der Waals surface area contributed by atoms with Gasteiger partial charge >= 0.3 is 0 Å². The van der Waals surface area contributed by atoms with Gasteiger partial charge in [0.25, 0.3) is 5.91 Å². The standard InChI is InChI=1S/C29H46N4O3/c1-29(2,3)25-11-9-24(10-12-25)28(35)33-17-15-32(16-18-33)26(23-7-4-5-8-23)27(34)30-13-6-14-31-19-21-36-22-20-31/h9-12,23,26H,4-8,13-22H2,1-3H3,(H,30,34)/t26-/m0/s1. The zero-order chi connectivity index (χ0) is 25.5. The smallest absolute Gasteiger partial charge is 0.253 e. The van der Waals surface area contributed by atoms with Crippen LogP contribution in [0.2, 0.25) is 0 Å². The molecule has 3 fully saturated rings. The molecule has 1 N–H and O–H groups in total. The van der Waals surface area contributed by atoms with Crippen molar-refractivity contribution in [2.24, 2.45) is 5.92 Å². The van der Waals surface area contributed by atoms with E-state index < -0.39 is 0 Å². The average Bonchev–Trinajstić information content (AvgIpc) is 3.41. The van der Waals surface area contributed by atoms with E-state index >= 15 is 0 Å². The van der Waals surface area contributed by atoms with Gasteiger partial charge in [0, 0.05) is 51.4 Å². The van der Waals surface area contributed by atoms with Gasteiger partial charge in [-0.1, -0.05) is 45.7 Å². The van der Waals surface area contributed by atoms with E-state index in [9.17, 15) is 9.59 Å². The summed E-state index contributed by atoms with van der Waals surface area (Å²) in [5.74, 6) is 0.706. The van der Waals surface area contributed by atoms with Crippen molar-refractivity contribution in [1.82, 2.24) is 20.0 Å². The summed E-state index contributed by atoms with van der Waals surface area (Å²) in [6.45, 7) is 14.8. The maximum Gasteiger partial charge on any atom is 0.253 e. The fraction of sp³-hybridized carbons (Fsp3) is 0.724. The first-order chi connectivity index (χ1) is 17.3. The molecule has 7 heteroatoms. The first-order valence-electron chi connectivity index (χ1n) is 14.0. The van der Waals surface area contributed by atoms with Crippen molar-refractivity contribution in [3.63, 3.8) is 0 Å². The molecule has 1 aliphatic carbocycles. The fourth-order valence-corrected chi connectivity index (χ4v) is 5.89. The van der Waals surface area contributed by atoms with E-state index in [4.69, 9.17) is 4.74 Å². The van der Waals surface area contributed by atoms with Gasteiger partial charge in [0.15, 0.2) is 0 Å². The van der Waals surface area contributed by atoms with Gasteiger partial charge in [-0.3, -0.25) is 19.4 Å². The second-order valence-electron chi connectivity index (χ2n) is 11.7. The van der Waals surface area contributed by atoms with E-state index in [2.05, 4.69) is 48.0 Å². The molecule has 4 rings (SSSR count). The van der Waals surface area contributed by atoms with Gasteiger partial charge < -0.3 is 15.0 Å². The molecule has 36 heavy (non-hydrogen) atoms. The summed E-state index contributed by atoms with van der Waals surface area (Å²) < 4.78 is 5.42. The first kappa shape index (κ1) is 27.1. The van der Waals surface area contributed by atoms with E-state index in [0.717, 1.165) is 77.3 Å². The van der Waals surface area contributed by atoms with Crippen molar-refractivity contribution in [3.05, 3.63) is 35.4 Å². The Bertz CT molecular complexity index is 846. The summed E-state index contributed by atoms with van der Waals surface area (Å²) >= 11 is 0. The number of ether oxygens (including phenoxy) is 1. The SMILES string of the molecule is CC(C)(C)c1ccc(C(=O)N2CCN([C@H](C(=O)NCCCN3CCOCC3)C3CCCC3)CC2)cc1. The zero-order valence-electron chi connectivity index (χ0n) is 22.6. The highest BCUT2D eigenvalue weighted by molar-refractivity contribution is 5.94. The van der Waals surface area contributed by atoms with Crippen molar-refractivity contribution in [2.75, 3.05) is 65.6 Å². The maximum absolute atomic E-state index is 13.4.